The molecule has 2 saturated heterocycles. The molecule has 2 fully saturated rings. The highest BCUT2D eigenvalue weighted by atomic mass is 35.5. The summed E-state index contributed by atoms with van der Waals surface area (Å²) in [5.74, 6) is 0.743. The molecule has 4 rings (SSSR count). The molecule has 5 heteroatoms. The van der Waals surface area contributed by atoms with Gasteiger partial charge in [0, 0.05) is 23.5 Å². The molecule has 0 aromatic heterocycles. The van der Waals surface area contributed by atoms with Gasteiger partial charge in [-0.2, -0.15) is 0 Å². The zero-order valence-corrected chi connectivity index (χ0v) is 14.4. The van der Waals surface area contributed by atoms with Crippen molar-refractivity contribution in [2.24, 2.45) is 0 Å². The van der Waals surface area contributed by atoms with Gasteiger partial charge in [0.2, 0.25) is 0 Å². The highest BCUT2D eigenvalue weighted by Gasteiger charge is 2.33. The Morgan fingerprint density at radius 3 is 2.58 bits per heavy atom. The van der Waals surface area contributed by atoms with Gasteiger partial charge >= 0.3 is 0 Å². The third-order valence-electron chi connectivity index (χ3n) is 4.95. The minimum atomic E-state index is -0.0239. The molecule has 2 bridgehead atoms. The largest absolute Gasteiger partial charge is 0.483 e. The number of nitrogens with one attached hydrogen (secondary N) is 2. The second-order valence-electron chi connectivity index (χ2n) is 6.64. The first-order valence-electron chi connectivity index (χ1n) is 8.44. The Morgan fingerprint density at radius 1 is 1.08 bits per heavy atom. The third kappa shape index (κ3) is 3.65. The summed E-state index contributed by atoms with van der Waals surface area (Å²) in [5, 5.41) is 8.89. The summed E-state index contributed by atoms with van der Waals surface area (Å²) < 4.78 is 5.76. The van der Waals surface area contributed by atoms with Crippen LogP contribution in [-0.2, 0) is 4.79 Å². The smallest absolute Gasteiger partial charge is 0.258 e. The topological polar surface area (TPSA) is 50.4 Å². The lowest BCUT2D eigenvalue weighted by Gasteiger charge is -2.29. The summed E-state index contributed by atoms with van der Waals surface area (Å²) in [4.78, 5) is 12.2. The van der Waals surface area contributed by atoms with Crippen LogP contribution in [0.3, 0.4) is 0 Å². The van der Waals surface area contributed by atoms with E-state index >= 15 is 0 Å². The van der Waals surface area contributed by atoms with Crippen LogP contribution in [0.15, 0.2) is 42.5 Å². The molecule has 0 spiro atoms. The highest BCUT2D eigenvalue weighted by Crippen LogP contribution is 2.27. The fraction of sp³-hybridized carbons (Fsp3) is 0.421. The Balaban J connectivity index is 0.00000169. The molecule has 128 valence electrons. The second-order valence-corrected chi connectivity index (χ2v) is 6.64. The summed E-state index contributed by atoms with van der Waals surface area (Å²) in [6.45, 7) is 0.0767. The van der Waals surface area contributed by atoms with Crippen molar-refractivity contribution in [3.63, 3.8) is 0 Å². The molecule has 2 heterocycles. The van der Waals surface area contributed by atoms with E-state index in [0.29, 0.717) is 12.1 Å². The van der Waals surface area contributed by atoms with Gasteiger partial charge in [-0.25, -0.2) is 0 Å². The van der Waals surface area contributed by atoms with Gasteiger partial charge in [0.1, 0.15) is 5.75 Å². The van der Waals surface area contributed by atoms with E-state index in [-0.39, 0.29) is 31.0 Å². The molecule has 1 amide bonds. The van der Waals surface area contributed by atoms with E-state index in [2.05, 4.69) is 10.6 Å². The molecule has 2 aliphatic heterocycles. The van der Waals surface area contributed by atoms with E-state index in [1.54, 1.807) is 0 Å². The van der Waals surface area contributed by atoms with Crippen LogP contribution >= 0.6 is 12.4 Å². The number of fused-ring (bicyclic) bond motifs is 3. The molecule has 2 atom stereocenters. The minimum absolute atomic E-state index is 0. The SMILES string of the molecule is Cl.O=C(COc1cccc2ccccc12)NC1CC2CCC(C1)N2. The van der Waals surface area contributed by atoms with E-state index in [4.69, 9.17) is 4.74 Å². The maximum atomic E-state index is 12.2. The van der Waals surface area contributed by atoms with Crippen molar-refractivity contribution in [1.29, 1.82) is 0 Å². The Hall–Kier alpha value is -1.78. The molecule has 2 unspecified atom stereocenters. The van der Waals surface area contributed by atoms with Gasteiger partial charge in [-0.1, -0.05) is 36.4 Å². The van der Waals surface area contributed by atoms with Crippen LogP contribution in [0.4, 0.5) is 0 Å². The molecular weight excluding hydrogens is 324 g/mol. The number of rotatable bonds is 4. The van der Waals surface area contributed by atoms with E-state index in [1.165, 1.54) is 12.8 Å². The first-order valence-corrected chi connectivity index (χ1v) is 8.44. The predicted molar refractivity (Wildman–Crippen MR) is 97.8 cm³/mol. The van der Waals surface area contributed by atoms with Gasteiger partial charge in [-0.15, -0.1) is 12.4 Å². The summed E-state index contributed by atoms with van der Waals surface area (Å²) in [6.07, 6.45) is 4.56. The predicted octanol–water partition coefficient (Wildman–Crippen LogP) is 3.04. The van der Waals surface area contributed by atoms with Gasteiger partial charge in [-0.05, 0) is 37.1 Å². The van der Waals surface area contributed by atoms with Crippen molar-refractivity contribution < 1.29 is 9.53 Å². The van der Waals surface area contributed by atoms with Crippen LogP contribution in [0.2, 0.25) is 0 Å². The molecular formula is C19H23ClN2O2. The number of hydrogen-bond donors (Lipinski definition) is 2. The van der Waals surface area contributed by atoms with Crippen LogP contribution < -0.4 is 15.4 Å². The summed E-state index contributed by atoms with van der Waals surface area (Å²) >= 11 is 0. The van der Waals surface area contributed by atoms with Crippen LogP contribution in [0.25, 0.3) is 10.8 Å². The number of carbonyl (C=O) groups excluding carboxylic acids is 1. The monoisotopic (exact) mass is 346 g/mol. The molecule has 0 aliphatic carbocycles. The lowest BCUT2D eigenvalue weighted by atomic mass is 10.00. The average Bonchev–Trinajstić information content (AvgIpc) is 2.91. The van der Waals surface area contributed by atoms with Crippen LogP contribution in [0, 0.1) is 0 Å². The molecule has 2 aromatic carbocycles. The lowest BCUT2D eigenvalue weighted by molar-refractivity contribution is -0.124. The first-order chi connectivity index (χ1) is 11.3. The molecule has 24 heavy (non-hydrogen) atoms. The Kier molecular flexibility index (Phi) is 5.27. The number of halogens is 1. The number of carbonyl (C=O) groups is 1. The second kappa shape index (κ2) is 7.41. The van der Waals surface area contributed by atoms with Gasteiger partial charge in [0.25, 0.3) is 5.91 Å². The first kappa shape index (κ1) is 17.1. The Bertz CT molecular complexity index is 704. The summed E-state index contributed by atoms with van der Waals surface area (Å²) in [5.41, 5.74) is 0. The van der Waals surface area contributed by atoms with E-state index in [1.807, 2.05) is 42.5 Å². The maximum absolute atomic E-state index is 12.2. The number of hydrogen-bond acceptors (Lipinski definition) is 3. The Labute approximate surface area is 148 Å². The fourth-order valence-electron chi connectivity index (χ4n) is 3.91. The molecule has 0 saturated carbocycles. The van der Waals surface area contributed by atoms with Crippen molar-refractivity contribution in [3.05, 3.63) is 42.5 Å². The molecule has 2 N–H and O–H groups in total. The fourth-order valence-corrected chi connectivity index (χ4v) is 3.91. The van der Waals surface area contributed by atoms with Crippen LogP contribution in [0.5, 0.6) is 5.75 Å². The van der Waals surface area contributed by atoms with E-state index in [9.17, 15) is 4.79 Å². The normalized spacial score (nSPS) is 25.1. The standard InChI is InChI=1S/C19H22N2O2.ClH/c22-19(21-16-10-14-8-9-15(11-16)20-14)12-23-18-7-3-5-13-4-1-2-6-17(13)18;/h1-7,14-16,20H,8-12H2,(H,21,22);1H. The van der Waals surface area contributed by atoms with Crippen molar-refractivity contribution in [1.82, 2.24) is 10.6 Å². The number of piperidine rings is 1. The van der Waals surface area contributed by atoms with Gasteiger partial charge in [0.15, 0.2) is 6.61 Å². The lowest BCUT2D eigenvalue weighted by Crippen LogP contribution is -2.48. The van der Waals surface area contributed by atoms with E-state index in [0.717, 1.165) is 29.4 Å². The van der Waals surface area contributed by atoms with Crippen LogP contribution in [-0.4, -0.2) is 30.6 Å². The molecule has 2 aliphatic rings. The third-order valence-corrected chi connectivity index (χ3v) is 4.95. The summed E-state index contributed by atoms with van der Waals surface area (Å²) in [6, 6.07) is 15.4. The van der Waals surface area contributed by atoms with Crippen molar-refractivity contribution in [3.8, 4) is 5.75 Å². The zero-order chi connectivity index (χ0) is 15.6. The minimum Gasteiger partial charge on any atom is -0.483 e. The average molecular weight is 347 g/mol. The number of amides is 1. The molecule has 2 aromatic rings. The maximum Gasteiger partial charge on any atom is 0.258 e. The van der Waals surface area contributed by atoms with Gasteiger partial charge in [-0.3, -0.25) is 4.79 Å². The quantitative estimate of drug-likeness (QED) is 0.894. The van der Waals surface area contributed by atoms with Gasteiger partial charge in [0.05, 0.1) is 0 Å². The molecule has 4 nitrogen and oxygen atoms in total. The number of ether oxygens (including phenoxy) is 1. The van der Waals surface area contributed by atoms with Crippen molar-refractivity contribution >= 4 is 29.1 Å². The van der Waals surface area contributed by atoms with Crippen molar-refractivity contribution in [2.75, 3.05) is 6.61 Å². The molecule has 0 radical (unpaired) electrons. The Morgan fingerprint density at radius 2 is 1.79 bits per heavy atom. The highest BCUT2D eigenvalue weighted by molar-refractivity contribution is 5.88. The zero-order valence-electron chi connectivity index (χ0n) is 13.5. The van der Waals surface area contributed by atoms with Gasteiger partial charge < -0.3 is 15.4 Å². The number of benzene rings is 2. The van der Waals surface area contributed by atoms with E-state index < -0.39 is 0 Å². The van der Waals surface area contributed by atoms with Crippen LogP contribution in [0.1, 0.15) is 25.7 Å². The van der Waals surface area contributed by atoms with Crippen molar-refractivity contribution in [2.45, 2.75) is 43.8 Å². The summed E-state index contributed by atoms with van der Waals surface area (Å²) in [7, 11) is 0.